The number of alkyl halides is 6. The van der Waals surface area contributed by atoms with Gasteiger partial charge in [0.2, 0.25) is 0 Å². The maximum absolute atomic E-state index is 14.7. The quantitative estimate of drug-likeness (QED) is 0.196. The molecule has 240 valence electrons. The van der Waals surface area contributed by atoms with Gasteiger partial charge in [0, 0.05) is 0 Å². The van der Waals surface area contributed by atoms with Crippen LogP contribution in [0, 0.1) is 17.8 Å². The Morgan fingerprint density at radius 2 is 0.870 bits per heavy atom. The number of rotatable bonds is 4. The average Bonchev–Trinajstić information content (AvgIpc) is 2.98. The van der Waals surface area contributed by atoms with E-state index in [0.29, 0.717) is 40.0 Å². The van der Waals surface area contributed by atoms with Crippen LogP contribution in [0.5, 0.6) is 0 Å². The summed E-state index contributed by atoms with van der Waals surface area (Å²) >= 11 is 0. The van der Waals surface area contributed by atoms with Gasteiger partial charge in [-0.2, -0.15) is 26.3 Å². The van der Waals surface area contributed by atoms with Crippen molar-refractivity contribution in [3.63, 3.8) is 0 Å². The molecule has 4 aromatic rings. The lowest BCUT2D eigenvalue weighted by Crippen LogP contribution is -2.48. The normalized spacial score (nSPS) is 24.4. The molecule has 4 aliphatic carbocycles. The standard InChI is InChI=1S/C40H38F6/c1-37(2,3)33-13-7-6-12-30(33)36-31(28-10-4-8-14-34(28)39(41,42)43)19-27(38-21-24-16-25(22-38)18-26(17-24)23-38)20-32(36)29-11-5-9-15-35(29)40(44,45)46/h4-15,19-20,24-26H,16-18,21-23H2,1-3H3. The van der Waals surface area contributed by atoms with E-state index in [0.717, 1.165) is 42.5 Å². The first-order valence-corrected chi connectivity index (χ1v) is 16.3. The molecule has 4 fully saturated rings. The lowest BCUT2D eigenvalue weighted by atomic mass is 9.48. The molecule has 0 atom stereocenters. The summed E-state index contributed by atoms with van der Waals surface area (Å²) in [5, 5.41) is 0. The average molecular weight is 633 g/mol. The van der Waals surface area contributed by atoms with Gasteiger partial charge in [0.25, 0.3) is 0 Å². The van der Waals surface area contributed by atoms with Crippen molar-refractivity contribution < 1.29 is 26.3 Å². The number of hydrogen-bond acceptors (Lipinski definition) is 0. The molecule has 4 saturated carbocycles. The Morgan fingerprint density at radius 3 is 1.26 bits per heavy atom. The Hall–Kier alpha value is -3.54. The Morgan fingerprint density at radius 1 is 0.500 bits per heavy atom. The van der Waals surface area contributed by atoms with Crippen molar-refractivity contribution in [3.05, 3.63) is 107 Å². The van der Waals surface area contributed by atoms with Crippen LogP contribution < -0.4 is 0 Å². The minimum absolute atomic E-state index is 0.00831. The van der Waals surface area contributed by atoms with Crippen LogP contribution in [0.1, 0.15) is 81.5 Å². The minimum Gasteiger partial charge on any atom is -0.166 e. The molecule has 46 heavy (non-hydrogen) atoms. The Kier molecular flexibility index (Phi) is 7.26. The van der Waals surface area contributed by atoms with E-state index in [2.05, 4.69) is 0 Å². The van der Waals surface area contributed by atoms with Crippen LogP contribution in [0.3, 0.4) is 0 Å². The first kappa shape index (κ1) is 31.1. The molecule has 0 aliphatic heterocycles. The summed E-state index contributed by atoms with van der Waals surface area (Å²) in [6.07, 6.45) is -3.01. The molecule has 0 aromatic heterocycles. The molecule has 0 heterocycles. The highest BCUT2D eigenvalue weighted by molar-refractivity contribution is 5.98. The molecule has 0 amide bonds. The van der Waals surface area contributed by atoms with Gasteiger partial charge < -0.3 is 0 Å². The molecule has 4 bridgehead atoms. The summed E-state index contributed by atoms with van der Waals surface area (Å²) in [5.74, 6) is 1.64. The number of benzene rings is 4. The highest BCUT2D eigenvalue weighted by Crippen LogP contribution is 2.62. The Labute approximate surface area is 266 Å². The van der Waals surface area contributed by atoms with Gasteiger partial charge in [-0.25, -0.2) is 0 Å². The fraction of sp³-hybridized carbons (Fsp3) is 0.400. The van der Waals surface area contributed by atoms with E-state index in [1.54, 1.807) is 12.1 Å². The second-order valence-electron chi connectivity index (χ2n) is 15.0. The van der Waals surface area contributed by atoms with Crippen LogP contribution >= 0.6 is 0 Å². The molecular formula is C40H38F6. The second-order valence-corrected chi connectivity index (χ2v) is 15.0. The molecule has 0 N–H and O–H groups in total. The van der Waals surface area contributed by atoms with Crippen molar-refractivity contribution in [2.75, 3.05) is 0 Å². The van der Waals surface area contributed by atoms with Crippen LogP contribution in [0.15, 0.2) is 84.9 Å². The van der Waals surface area contributed by atoms with Crippen molar-refractivity contribution in [2.24, 2.45) is 17.8 Å². The maximum atomic E-state index is 14.7. The number of halogens is 6. The lowest BCUT2D eigenvalue weighted by molar-refractivity contribution is -0.137. The van der Waals surface area contributed by atoms with E-state index in [9.17, 15) is 26.3 Å². The molecule has 0 saturated heterocycles. The van der Waals surface area contributed by atoms with Crippen LogP contribution in [-0.2, 0) is 23.2 Å². The SMILES string of the molecule is CC(C)(C)c1ccccc1-c1c(-c2ccccc2C(F)(F)F)cc(C23CC4CC(CC(C4)C2)C3)cc1-c1ccccc1C(F)(F)F. The third kappa shape index (κ3) is 5.36. The molecule has 0 unspecified atom stereocenters. The second kappa shape index (κ2) is 10.7. The van der Waals surface area contributed by atoms with Gasteiger partial charge in [-0.3, -0.25) is 0 Å². The molecular weight excluding hydrogens is 594 g/mol. The summed E-state index contributed by atoms with van der Waals surface area (Å²) < 4.78 is 88.5. The van der Waals surface area contributed by atoms with Crippen molar-refractivity contribution >= 4 is 0 Å². The smallest absolute Gasteiger partial charge is 0.166 e. The molecule has 0 spiro atoms. The largest absolute Gasteiger partial charge is 0.417 e. The molecule has 0 radical (unpaired) electrons. The maximum Gasteiger partial charge on any atom is 0.417 e. The fourth-order valence-corrected chi connectivity index (χ4v) is 9.41. The van der Waals surface area contributed by atoms with E-state index < -0.39 is 28.9 Å². The predicted octanol–water partition coefficient (Wildman–Crippen LogP) is 12.5. The lowest BCUT2D eigenvalue weighted by Gasteiger charge is -2.57. The van der Waals surface area contributed by atoms with Crippen molar-refractivity contribution in [1.29, 1.82) is 0 Å². The molecule has 4 aliphatic rings. The first-order valence-electron chi connectivity index (χ1n) is 16.3. The van der Waals surface area contributed by atoms with Gasteiger partial charge >= 0.3 is 12.4 Å². The zero-order chi connectivity index (χ0) is 32.6. The van der Waals surface area contributed by atoms with Gasteiger partial charge in [0.15, 0.2) is 0 Å². The summed E-state index contributed by atoms with van der Waals surface area (Å²) in [5.41, 5.74) is 1.17. The molecule has 6 heteroatoms. The zero-order valence-electron chi connectivity index (χ0n) is 26.3. The van der Waals surface area contributed by atoms with E-state index in [1.807, 2.05) is 57.2 Å². The van der Waals surface area contributed by atoms with Crippen molar-refractivity contribution in [1.82, 2.24) is 0 Å². The molecule has 0 nitrogen and oxygen atoms in total. The Bertz CT molecular complexity index is 1670. The van der Waals surface area contributed by atoms with Gasteiger partial charge in [0.1, 0.15) is 0 Å². The fourth-order valence-electron chi connectivity index (χ4n) is 9.41. The van der Waals surface area contributed by atoms with Crippen molar-refractivity contribution in [3.8, 4) is 33.4 Å². The Balaban J connectivity index is 1.64. The van der Waals surface area contributed by atoms with Crippen LogP contribution in [0.2, 0.25) is 0 Å². The highest BCUT2D eigenvalue weighted by atomic mass is 19.4. The van der Waals surface area contributed by atoms with Crippen LogP contribution in [0.25, 0.3) is 33.4 Å². The summed E-state index contributed by atoms with van der Waals surface area (Å²) in [6, 6.07) is 22.3. The van der Waals surface area contributed by atoms with Crippen molar-refractivity contribution in [2.45, 2.75) is 82.5 Å². The van der Waals surface area contributed by atoms with Crippen LogP contribution in [0.4, 0.5) is 26.3 Å². The topological polar surface area (TPSA) is 0 Å². The van der Waals surface area contributed by atoms with E-state index in [4.69, 9.17) is 0 Å². The predicted molar refractivity (Wildman–Crippen MR) is 171 cm³/mol. The van der Waals surface area contributed by atoms with E-state index >= 15 is 0 Å². The van der Waals surface area contributed by atoms with E-state index in [1.165, 1.54) is 43.5 Å². The van der Waals surface area contributed by atoms with Gasteiger partial charge in [-0.15, -0.1) is 0 Å². The molecule has 8 rings (SSSR count). The minimum atomic E-state index is -4.65. The van der Waals surface area contributed by atoms with Gasteiger partial charge in [-0.1, -0.05) is 81.4 Å². The number of hydrogen-bond donors (Lipinski definition) is 0. The van der Waals surface area contributed by atoms with Crippen LogP contribution in [-0.4, -0.2) is 0 Å². The van der Waals surface area contributed by atoms with E-state index in [-0.39, 0.29) is 16.5 Å². The molecule has 4 aromatic carbocycles. The third-order valence-corrected chi connectivity index (χ3v) is 10.8. The third-order valence-electron chi connectivity index (χ3n) is 10.8. The summed E-state index contributed by atoms with van der Waals surface area (Å²) in [6.45, 7) is 6.05. The van der Waals surface area contributed by atoms with Gasteiger partial charge in [-0.05, 0) is 136 Å². The summed E-state index contributed by atoms with van der Waals surface area (Å²) in [7, 11) is 0. The van der Waals surface area contributed by atoms with Gasteiger partial charge in [0.05, 0.1) is 11.1 Å². The zero-order valence-corrected chi connectivity index (χ0v) is 26.3. The monoisotopic (exact) mass is 632 g/mol. The highest BCUT2D eigenvalue weighted by Gasteiger charge is 2.52. The summed E-state index contributed by atoms with van der Waals surface area (Å²) in [4.78, 5) is 0. The first-order chi connectivity index (χ1) is 21.6.